The van der Waals surface area contributed by atoms with Gasteiger partial charge in [-0.1, -0.05) is 71.6 Å². The molecule has 2 aromatic carbocycles. The normalized spacial score (nSPS) is 10.6. The number of nitrogens with zero attached hydrogens (tertiary/aromatic N) is 2. The molecular formula is C17H15N3O2S3. The van der Waals surface area contributed by atoms with E-state index in [0.29, 0.717) is 10.6 Å². The van der Waals surface area contributed by atoms with Crippen LogP contribution in [0.2, 0.25) is 0 Å². The number of thioether (sulfide) groups is 1. The number of benzene rings is 2. The summed E-state index contributed by atoms with van der Waals surface area (Å²) in [7, 11) is 0. The van der Waals surface area contributed by atoms with E-state index in [4.69, 9.17) is 17.1 Å². The number of carbonyl (C=O) groups is 1. The van der Waals surface area contributed by atoms with Gasteiger partial charge in [-0.25, -0.2) is 10.2 Å². The minimum absolute atomic E-state index is 0.214. The van der Waals surface area contributed by atoms with Gasteiger partial charge in [0.1, 0.15) is 0 Å². The molecule has 0 spiro atoms. The lowest BCUT2D eigenvalue weighted by atomic mass is 10.2. The fraction of sp³-hybridized carbons (Fsp3) is 0.118. The Balaban J connectivity index is 1.48. The summed E-state index contributed by atoms with van der Waals surface area (Å²) >= 11 is 8.05. The van der Waals surface area contributed by atoms with Gasteiger partial charge in [-0.05, 0) is 29.9 Å². The average molecular weight is 390 g/mol. The molecule has 1 N–H and O–H groups in total. The number of carbonyl (C=O) groups excluding carboxylic acids is 1. The molecule has 0 aliphatic heterocycles. The highest BCUT2D eigenvalue weighted by molar-refractivity contribution is 8.01. The van der Waals surface area contributed by atoms with Crippen LogP contribution >= 0.6 is 35.3 Å². The molecule has 1 heterocycles. The van der Waals surface area contributed by atoms with Crippen molar-refractivity contribution in [1.82, 2.24) is 15.3 Å². The summed E-state index contributed by atoms with van der Waals surface area (Å²) in [6.45, 7) is 0.332. The van der Waals surface area contributed by atoms with Gasteiger partial charge in [0.2, 0.25) is 0 Å². The van der Waals surface area contributed by atoms with E-state index in [2.05, 4.69) is 10.6 Å². The van der Waals surface area contributed by atoms with Crippen LogP contribution in [-0.2, 0) is 16.2 Å². The van der Waals surface area contributed by atoms with Gasteiger partial charge in [0.05, 0.1) is 18.0 Å². The Morgan fingerprint density at radius 1 is 1.16 bits per heavy atom. The maximum atomic E-state index is 11.9. The molecule has 0 unspecified atom stereocenters. The molecule has 0 saturated carbocycles. The monoisotopic (exact) mass is 389 g/mol. The molecule has 5 nitrogen and oxygen atoms in total. The van der Waals surface area contributed by atoms with Crippen molar-refractivity contribution < 1.29 is 9.63 Å². The van der Waals surface area contributed by atoms with E-state index >= 15 is 0 Å². The van der Waals surface area contributed by atoms with Crippen LogP contribution in [-0.4, -0.2) is 21.4 Å². The number of aromatic nitrogens is 2. The van der Waals surface area contributed by atoms with Gasteiger partial charge < -0.3 is 0 Å². The summed E-state index contributed by atoms with van der Waals surface area (Å²) in [5, 5.41) is 4.45. The third kappa shape index (κ3) is 5.23. The van der Waals surface area contributed by atoms with Crippen LogP contribution in [0.5, 0.6) is 0 Å². The Morgan fingerprint density at radius 3 is 2.56 bits per heavy atom. The van der Waals surface area contributed by atoms with Crippen molar-refractivity contribution in [3.05, 3.63) is 70.2 Å². The van der Waals surface area contributed by atoms with E-state index in [-0.39, 0.29) is 11.7 Å². The van der Waals surface area contributed by atoms with Gasteiger partial charge >= 0.3 is 0 Å². The lowest BCUT2D eigenvalue weighted by molar-refractivity contribution is -0.131. The highest BCUT2D eigenvalue weighted by atomic mass is 32.2. The molecule has 0 radical (unpaired) electrons. The Kier molecular flexibility index (Phi) is 6.35. The zero-order valence-corrected chi connectivity index (χ0v) is 15.6. The van der Waals surface area contributed by atoms with E-state index in [1.807, 2.05) is 60.7 Å². The summed E-state index contributed by atoms with van der Waals surface area (Å²) in [6, 6.07) is 19.3. The van der Waals surface area contributed by atoms with Crippen LogP contribution in [0.1, 0.15) is 5.56 Å². The summed E-state index contributed by atoms with van der Waals surface area (Å²) < 4.78 is 3.09. The first kappa shape index (κ1) is 17.8. The number of rotatable bonds is 7. The summed E-state index contributed by atoms with van der Waals surface area (Å²) in [5.41, 5.74) is 4.34. The van der Waals surface area contributed by atoms with Crippen molar-refractivity contribution in [2.24, 2.45) is 0 Å². The standard InChI is InChI=1S/C17H15N3O2S3/c21-15(19-22-11-13-7-3-1-4-8-13)12-24-16-18-20(17(23)25-16)14-9-5-2-6-10-14/h1-10H,11-12H2,(H,19,21). The predicted octanol–water partition coefficient (Wildman–Crippen LogP) is 4.00. The van der Waals surface area contributed by atoms with Crippen LogP contribution in [0.25, 0.3) is 5.69 Å². The molecule has 8 heteroatoms. The van der Waals surface area contributed by atoms with E-state index in [1.54, 1.807) is 4.68 Å². The van der Waals surface area contributed by atoms with Crippen molar-refractivity contribution in [3.8, 4) is 5.69 Å². The van der Waals surface area contributed by atoms with Crippen molar-refractivity contribution in [3.63, 3.8) is 0 Å². The topological polar surface area (TPSA) is 56.2 Å². The van der Waals surface area contributed by atoms with Crippen LogP contribution in [0, 0.1) is 3.95 Å². The Labute approximate surface area is 158 Å². The summed E-state index contributed by atoms with van der Waals surface area (Å²) in [6.07, 6.45) is 0. The molecule has 3 rings (SSSR count). The molecule has 3 aromatic rings. The highest BCUT2D eigenvalue weighted by Gasteiger charge is 2.09. The van der Waals surface area contributed by atoms with Crippen molar-refractivity contribution in [2.45, 2.75) is 10.9 Å². The molecule has 25 heavy (non-hydrogen) atoms. The molecule has 1 aromatic heterocycles. The van der Waals surface area contributed by atoms with Gasteiger partial charge in [0.25, 0.3) is 5.91 Å². The largest absolute Gasteiger partial charge is 0.272 e. The van der Waals surface area contributed by atoms with Gasteiger partial charge in [-0.2, -0.15) is 0 Å². The minimum Gasteiger partial charge on any atom is -0.272 e. The second kappa shape index (κ2) is 8.91. The molecule has 0 bridgehead atoms. The van der Waals surface area contributed by atoms with Crippen LogP contribution in [0.3, 0.4) is 0 Å². The predicted molar refractivity (Wildman–Crippen MR) is 102 cm³/mol. The summed E-state index contributed by atoms with van der Waals surface area (Å²) in [5.74, 6) is -0.000374. The summed E-state index contributed by atoms with van der Waals surface area (Å²) in [4.78, 5) is 17.1. The number of para-hydroxylation sites is 1. The number of hydrogen-bond donors (Lipinski definition) is 1. The van der Waals surface area contributed by atoms with E-state index in [0.717, 1.165) is 15.6 Å². The maximum Gasteiger partial charge on any atom is 0.253 e. The van der Waals surface area contributed by atoms with E-state index in [9.17, 15) is 4.79 Å². The molecule has 0 aliphatic carbocycles. The van der Waals surface area contributed by atoms with E-state index in [1.165, 1.54) is 23.1 Å². The van der Waals surface area contributed by atoms with Gasteiger partial charge in [0, 0.05) is 0 Å². The average Bonchev–Trinajstić information content (AvgIpc) is 3.02. The minimum atomic E-state index is -0.215. The first-order valence-electron chi connectivity index (χ1n) is 7.45. The third-order valence-corrected chi connectivity index (χ3v) is 5.49. The Morgan fingerprint density at radius 2 is 1.84 bits per heavy atom. The smallest absolute Gasteiger partial charge is 0.253 e. The highest BCUT2D eigenvalue weighted by Crippen LogP contribution is 2.23. The lowest BCUT2D eigenvalue weighted by Gasteiger charge is -2.05. The second-order valence-corrected chi connectivity index (χ2v) is 7.81. The fourth-order valence-corrected chi connectivity index (χ4v) is 4.13. The lowest BCUT2D eigenvalue weighted by Crippen LogP contribution is -2.25. The zero-order valence-electron chi connectivity index (χ0n) is 13.1. The van der Waals surface area contributed by atoms with E-state index < -0.39 is 0 Å². The SMILES string of the molecule is O=C(CSc1nn(-c2ccccc2)c(=S)s1)NOCc1ccccc1. The number of nitrogens with one attached hydrogen (secondary N) is 1. The van der Waals surface area contributed by atoms with Crippen molar-refractivity contribution >= 4 is 41.2 Å². The molecule has 0 fully saturated rings. The number of hydroxylamine groups is 1. The zero-order chi connectivity index (χ0) is 17.5. The quantitative estimate of drug-likeness (QED) is 0.376. The van der Waals surface area contributed by atoms with Gasteiger partial charge in [-0.3, -0.25) is 9.63 Å². The molecular weight excluding hydrogens is 374 g/mol. The number of amides is 1. The van der Waals surface area contributed by atoms with Gasteiger partial charge in [0.15, 0.2) is 8.29 Å². The molecule has 0 saturated heterocycles. The van der Waals surface area contributed by atoms with Gasteiger partial charge in [-0.15, -0.1) is 5.10 Å². The molecule has 1 amide bonds. The fourth-order valence-electron chi connectivity index (χ4n) is 1.98. The first-order valence-corrected chi connectivity index (χ1v) is 9.66. The maximum absolute atomic E-state index is 11.9. The molecule has 128 valence electrons. The Bertz CT molecular complexity index is 879. The number of hydrogen-bond acceptors (Lipinski definition) is 6. The van der Waals surface area contributed by atoms with Crippen molar-refractivity contribution in [1.29, 1.82) is 0 Å². The Hall–Kier alpha value is -2.00. The van der Waals surface area contributed by atoms with Crippen molar-refractivity contribution in [2.75, 3.05) is 5.75 Å². The second-order valence-electron chi connectivity index (χ2n) is 4.97. The molecule has 0 atom stereocenters. The first-order chi connectivity index (χ1) is 12.2. The van der Waals surface area contributed by atoms with Crippen LogP contribution < -0.4 is 5.48 Å². The third-order valence-electron chi connectivity index (χ3n) is 3.12. The molecule has 0 aliphatic rings. The van der Waals surface area contributed by atoms with Crippen LogP contribution in [0.4, 0.5) is 0 Å². The van der Waals surface area contributed by atoms with Crippen LogP contribution in [0.15, 0.2) is 65.0 Å².